The normalized spacial score (nSPS) is 13.8. The lowest BCUT2D eigenvalue weighted by molar-refractivity contribution is -0.118. The molecule has 0 bridgehead atoms. The summed E-state index contributed by atoms with van der Waals surface area (Å²) in [7, 11) is -3.48. The first-order valence-electron chi connectivity index (χ1n) is 9.44. The molecule has 0 aromatic heterocycles. The maximum Gasteiger partial charge on any atom is 0.243 e. The van der Waals surface area contributed by atoms with Crippen molar-refractivity contribution in [2.75, 3.05) is 24.5 Å². The van der Waals surface area contributed by atoms with E-state index in [1.54, 1.807) is 23.1 Å². The van der Waals surface area contributed by atoms with Crippen molar-refractivity contribution in [1.29, 1.82) is 0 Å². The predicted molar refractivity (Wildman–Crippen MR) is 107 cm³/mol. The highest BCUT2D eigenvalue weighted by Crippen LogP contribution is 2.31. The molecule has 1 amide bonds. The Kier molecular flexibility index (Phi) is 5.97. The topological polar surface area (TPSA) is 57.7 Å². The molecular weight excluding hydrogens is 360 g/mol. The average Bonchev–Trinajstić information content (AvgIpc) is 3.11. The van der Waals surface area contributed by atoms with Crippen LogP contribution in [-0.2, 0) is 27.7 Å². The smallest absolute Gasteiger partial charge is 0.243 e. The number of rotatable bonds is 7. The molecule has 0 unspecified atom stereocenters. The van der Waals surface area contributed by atoms with E-state index in [-0.39, 0.29) is 5.91 Å². The minimum absolute atomic E-state index is 0.0805. The van der Waals surface area contributed by atoms with Gasteiger partial charge in [0, 0.05) is 31.7 Å². The SMILES string of the molecule is CCN(CC)S(=O)(=O)c1ccc2c(c1)CCN2C(=O)CCc1ccccc1. The van der Waals surface area contributed by atoms with Crippen LogP contribution in [0.25, 0.3) is 0 Å². The van der Waals surface area contributed by atoms with Crippen LogP contribution >= 0.6 is 0 Å². The number of fused-ring (bicyclic) bond motifs is 1. The number of hydrogen-bond donors (Lipinski definition) is 0. The van der Waals surface area contributed by atoms with Crippen molar-refractivity contribution in [2.24, 2.45) is 0 Å². The molecule has 144 valence electrons. The number of anilines is 1. The second-order valence-electron chi connectivity index (χ2n) is 6.66. The van der Waals surface area contributed by atoms with Gasteiger partial charge < -0.3 is 4.90 Å². The number of nitrogens with zero attached hydrogens (tertiary/aromatic N) is 2. The molecule has 0 atom stereocenters. The third kappa shape index (κ3) is 4.06. The molecule has 0 aliphatic carbocycles. The van der Waals surface area contributed by atoms with Crippen LogP contribution in [-0.4, -0.2) is 38.3 Å². The van der Waals surface area contributed by atoms with Crippen molar-refractivity contribution < 1.29 is 13.2 Å². The van der Waals surface area contributed by atoms with E-state index in [0.29, 0.717) is 43.8 Å². The summed E-state index contributed by atoms with van der Waals surface area (Å²) in [6.45, 7) is 5.17. The van der Waals surface area contributed by atoms with Gasteiger partial charge in [0.15, 0.2) is 0 Å². The molecule has 0 spiro atoms. The van der Waals surface area contributed by atoms with Gasteiger partial charge in [-0.1, -0.05) is 44.2 Å². The summed E-state index contributed by atoms with van der Waals surface area (Å²) in [5.41, 5.74) is 2.91. The third-order valence-electron chi connectivity index (χ3n) is 5.06. The molecule has 0 N–H and O–H groups in total. The zero-order valence-electron chi connectivity index (χ0n) is 15.9. The first-order valence-corrected chi connectivity index (χ1v) is 10.9. The van der Waals surface area contributed by atoms with Crippen LogP contribution in [0, 0.1) is 0 Å². The Morgan fingerprint density at radius 3 is 2.44 bits per heavy atom. The zero-order valence-corrected chi connectivity index (χ0v) is 16.7. The number of aryl methyl sites for hydroxylation is 1. The maximum absolute atomic E-state index is 12.7. The summed E-state index contributed by atoms with van der Waals surface area (Å²) >= 11 is 0. The third-order valence-corrected chi connectivity index (χ3v) is 7.11. The van der Waals surface area contributed by atoms with Gasteiger partial charge in [0.2, 0.25) is 15.9 Å². The fraction of sp³-hybridized carbons (Fsp3) is 0.381. The van der Waals surface area contributed by atoms with E-state index in [4.69, 9.17) is 0 Å². The first kappa shape index (κ1) is 19.6. The highest BCUT2D eigenvalue weighted by Gasteiger charge is 2.28. The molecule has 0 fully saturated rings. The number of carbonyl (C=O) groups is 1. The molecule has 1 heterocycles. The average molecular weight is 387 g/mol. The van der Waals surface area contributed by atoms with Crippen molar-refractivity contribution in [1.82, 2.24) is 4.31 Å². The van der Waals surface area contributed by atoms with Crippen molar-refractivity contribution in [3.8, 4) is 0 Å². The van der Waals surface area contributed by atoms with Crippen LogP contribution in [0.2, 0.25) is 0 Å². The molecule has 6 heteroatoms. The van der Waals surface area contributed by atoms with Crippen LogP contribution in [0.4, 0.5) is 5.69 Å². The number of amides is 1. The van der Waals surface area contributed by atoms with E-state index in [1.807, 2.05) is 44.2 Å². The molecule has 1 aliphatic rings. The van der Waals surface area contributed by atoms with Gasteiger partial charge in [0.05, 0.1) is 4.90 Å². The quantitative estimate of drug-likeness (QED) is 0.734. The minimum atomic E-state index is -3.48. The molecule has 0 radical (unpaired) electrons. The summed E-state index contributed by atoms with van der Waals surface area (Å²) in [5, 5.41) is 0. The van der Waals surface area contributed by atoms with E-state index in [2.05, 4.69) is 0 Å². The zero-order chi connectivity index (χ0) is 19.4. The van der Waals surface area contributed by atoms with Crippen LogP contribution < -0.4 is 4.90 Å². The summed E-state index contributed by atoms with van der Waals surface area (Å²) in [6, 6.07) is 15.1. The summed E-state index contributed by atoms with van der Waals surface area (Å²) in [4.78, 5) is 14.8. The monoisotopic (exact) mass is 386 g/mol. The van der Waals surface area contributed by atoms with Crippen molar-refractivity contribution in [3.05, 3.63) is 59.7 Å². The molecule has 3 rings (SSSR count). The van der Waals surface area contributed by atoms with Gasteiger partial charge in [0.1, 0.15) is 0 Å². The Hall–Kier alpha value is -2.18. The summed E-state index contributed by atoms with van der Waals surface area (Å²) in [5.74, 6) is 0.0805. The molecule has 1 aliphatic heterocycles. The van der Waals surface area contributed by atoms with Gasteiger partial charge in [-0.3, -0.25) is 4.79 Å². The molecule has 2 aromatic carbocycles. The maximum atomic E-state index is 12.7. The number of benzene rings is 2. The van der Waals surface area contributed by atoms with Gasteiger partial charge in [-0.05, 0) is 42.2 Å². The number of hydrogen-bond acceptors (Lipinski definition) is 3. The highest BCUT2D eigenvalue weighted by atomic mass is 32.2. The van der Waals surface area contributed by atoms with Gasteiger partial charge in [0.25, 0.3) is 0 Å². The summed E-state index contributed by atoms with van der Waals surface area (Å²) < 4.78 is 26.9. The van der Waals surface area contributed by atoms with Gasteiger partial charge in [-0.2, -0.15) is 4.31 Å². The Balaban J connectivity index is 1.75. The fourth-order valence-electron chi connectivity index (χ4n) is 3.54. The Morgan fingerprint density at radius 2 is 1.78 bits per heavy atom. The molecule has 0 saturated heterocycles. The van der Waals surface area contributed by atoms with Crippen LogP contribution in [0.15, 0.2) is 53.4 Å². The van der Waals surface area contributed by atoms with E-state index >= 15 is 0 Å². The van der Waals surface area contributed by atoms with Crippen LogP contribution in [0.1, 0.15) is 31.4 Å². The van der Waals surface area contributed by atoms with E-state index in [0.717, 1.165) is 16.8 Å². The first-order chi connectivity index (χ1) is 13.0. The lowest BCUT2D eigenvalue weighted by Crippen LogP contribution is -2.30. The Morgan fingerprint density at radius 1 is 1.07 bits per heavy atom. The largest absolute Gasteiger partial charge is 0.312 e. The van der Waals surface area contributed by atoms with Gasteiger partial charge in [-0.15, -0.1) is 0 Å². The molecular formula is C21H26N2O3S. The second kappa shape index (κ2) is 8.23. The van der Waals surface area contributed by atoms with Crippen molar-refractivity contribution >= 4 is 21.6 Å². The summed E-state index contributed by atoms with van der Waals surface area (Å²) in [6.07, 6.45) is 1.84. The minimum Gasteiger partial charge on any atom is -0.312 e. The Bertz CT molecular complexity index is 906. The Labute approximate surface area is 161 Å². The van der Waals surface area contributed by atoms with Crippen molar-refractivity contribution in [2.45, 2.75) is 38.0 Å². The van der Waals surface area contributed by atoms with Crippen LogP contribution in [0.5, 0.6) is 0 Å². The lowest BCUT2D eigenvalue weighted by atomic mass is 10.1. The predicted octanol–water partition coefficient (Wildman–Crippen LogP) is 3.24. The molecule has 0 saturated carbocycles. The second-order valence-corrected chi connectivity index (χ2v) is 8.60. The number of sulfonamides is 1. The van der Waals surface area contributed by atoms with Crippen molar-refractivity contribution in [3.63, 3.8) is 0 Å². The van der Waals surface area contributed by atoms with E-state index < -0.39 is 10.0 Å². The van der Waals surface area contributed by atoms with Gasteiger partial charge in [-0.25, -0.2) is 8.42 Å². The lowest BCUT2D eigenvalue weighted by Gasteiger charge is -2.20. The number of carbonyl (C=O) groups excluding carboxylic acids is 1. The molecule has 5 nitrogen and oxygen atoms in total. The van der Waals surface area contributed by atoms with Gasteiger partial charge >= 0.3 is 0 Å². The molecule has 27 heavy (non-hydrogen) atoms. The van der Waals surface area contributed by atoms with E-state index in [9.17, 15) is 13.2 Å². The standard InChI is InChI=1S/C21H26N2O3S/c1-3-22(4-2)27(25,26)19-11-12-20-18(16-19)14-15-23(20)21(24)13-10-17-8-6-5-7-9-17/h5-9,11-12,16H,3-4,10,13-15H2,1-2H3. The fourth-order valence-corrected chi connectivity index (χ4v) is 5.05. The highest BCUT2D eigenvalue weighted by molar-refractivity contribution is 7.89. The molecule has 2 aromatic rings. The van der Waals surface area contributed by atoms with E-state index in [1.165, 1.54) is 4.31 Å². The van der Waals surface area contributed by atoms with Crippen LogP contribution in [0.3, 0.4) is 0 Å².